The van der Waals surface area contributed by atoms with Crippen molar-refractivity contribution in [1.82, 2.24) is 9.97 Å². The summed E-state index contributed by atoms with van der Waals surface area (Å²) in [5, 5.41) is 3.41. The van der Waals surface area contributed by atoms with Gasteiger partial charge in [-0.05, 0) is 47.1 Å². The van der Waals surface area contributed by atoms with Crippen molar-refractivity contribution in [1.29, 1.82) is 0 Å². The summed E-state index contributed by atoms with van der Waals surface area (Å²) in [6.45, 7) is 2.08. The average molecular weight is 336 g/mol. The SMILES string of the molecule is CC(Cc1ccco1)Nc1cc2[nH]c(=O)[nH]c2cc1Br. The first-order valence-corrected chi connectivity index (χ1v) is 7.11. The van der Waals surface area contributed by atoms with Gasteiger partial charge in [-0.3, -0.25) is 0 Å². The first kappa shape index (κ1) is 13.1. The van der Waals surface area contributed by atoms with Crippen LogP contribution < -0.4 is 11.0 Å². The monoisotopic (exact) mass is 335 g/mol. The van der Waals surface area contributed by atoms with Crippen molar-refractivity contribution < 1.29 is 4.42 Å². The van der Waals surface area contributed by atoms with Gasteiger partial charge in [-0.25, -0.2) is 4.79 Å². The van der Waals surface area contributed by atoms with Gasteiger partial charge in [0.2, 0.25) is 0 Å². The molecule has 5 nitrogen and oxygen atoms in total. The second-order valence-corrected chi connectivity index (χ2v) is 5.64. The standard InChI is InChI=1S/C14H14BrN3O2/c1-8(5-9-3-2-4-20-9)16-11-7-13-12(6-10(11)15)17-14(19)18-13/h2-4,6-8,16H,5H2,1H3,(H2,17,18,19). The maximum Gasteiger partial charge on any atom is 0.323 e. The highest BCUT2D eigenvalue weighted by atomic mass is 79.9. The van der Waals surface area contributed by atoms with E-state index in [4.69, 9.17) is 4.42 Å². The molecular formula is C14H14BrN3O2. The molecule has 0 saturated heterocycles. The highest BCUT2D eigenvalue weighted by Gasteiger charge is 2.10. The number of benzene rings is 1. The Morgan fingerprint density at radius 3 is 2.80 bits per heavy atom. The van der Waals surface area contributed by atoms with Crippen molar-refractivity contribution >= 4 is 32.7 Å². The zero-order chi connectivity index (χ0) is 14.1. The molecule has 0 spiro atoms. The number of nitrogens with one attached hydrogen (secondary N) is 3. The zero-order valence-electron chi connectivity index (χ0n) is 10.9. The van der Waals surface area contributed by atoms with Gasteiger partial charge in [0, 0.05) is 16.9 Å². The quantitative estimate of drug-likeness (QED) is 0.685. The summed E-state index contributed by atoms with van der Waals surface area (Å²) in [5.41, 5.74) is 2.30. The number of imidazole rings is 1. The molecule has 0 aliphatic carbocycles. The number of fused-ring (bicyclic) bond motifs is 1. The molecule has 1 unspecified atom stereocenters. The van der Waals surface area contributed by atoms with Gasteiger partial charge < -0.3 is 19.7 Å². The minimum absolute atomic E-state index is 0.201. The number of rotatable bonds is 4. The fourth-order valence-electron chi connectivity index (χ4n) is 2.21. The molecular weight excluding hydrogens is 322 g/mol. The van der Waals surface area contributed by atoms with Crippen LogP contribution in [0.4, 0.5) is 5.69 Å². The van der Waals surface area contributed by atoms with Crippen LogP contribution in [-0.2, 0) is 6.42 Å². The third-order valence-corrected chi connectivity index (χ3v) is 3.75. The van der Waals surface area contributed by atoms with Crippen LogP contribution in [0.1, 0.15) is 12.7 Å². The molecule has 3 N–H and O–H groups in total. The van der Waals surface area contributed by atoms with Crippen molar-refractivity contribution in [2.45, 2.75) is 19.4 Å². The van der Waals surface area contributed by atoms with Crippen molar-refractivity contribution in [3.05, 3.63) is 51.2 Å². The lowest BCUT2D eigenvalue weighted by Crippen LogP contribution is -2.18. The molecule has 1 aromatic carbocycles. The highest BCUT2D eigenvalue weighted by Crippen LogP contribution is 2.27. The van der Waals surface area contributed by atoms with Gasteiger partial charge in [0.15, 0.2) is 0 Å². The molecule has 3 aromatic rings. The number of aromatic amines is 2. The Morgan fingerprint density at radius 1 is 1.35 bits per heavy atom. The van der Waals surface area contributed by atoms with Gasteiger partial charge in [0.05, 0.1) is 23.0 Å². The van der Waals surface area contributed by atoms with Crippen molar-refractivity contribution in [2.75, 3.05) is 5.32 Å². The predicted molar refractivity (Wildman–Crippen MR) is 82.1 cm³/mol. The largest absolute Gasteiger partial charge is 0.469 e. The molecule has 0 aliphatic rings. The normalized spacial score (nSPS) is 12.7. The van der Waals surface area contributed by atoms with E-state index >= 15 is 0 Å². The van der Waals surface area contributed by atoms with Gasteiger partial charge >= 0.3 is 5.69 Å². The molecule has 3 rings (SSSR count). The molecule has 6 heteroatoms. The molecule has 0 aliphatic heterocycles. The smallest absolute Gasteiger partial charge is 0.323 e. The lowest BCUT2D eigenvalue weighted by molar-refractivity contribution is 0.498. The minimum atomic E-state index is -0.201. The topological polar surface area (TPSA) is 73.8 Å². The van der Waals surface area contributed by atoms with Crippen LogP contribution in [-0.4, -0.2) is 16.0 Å². The molecule has 0 radical (unpaired) electrons. The first-order valence-electron chi connectivity index (χ1n) is 6.32. The van der Waals surface area contributed by atoms with Crippen molar-refractivity contribution in [3.63, 3.8) is 0 Å². The molecule has 104 valence electrons. The summed E-state index contributed by atoms with van der Waals surface area (Å²) >= 11 is 3.51. The Balaban J connectivity index is 1.82. The van der Waals surface area contributed by atoms with E-state index in [-0.39, 0.29) is 11.7 Å². The number of halogens is 1. The molecule has 2 heterocycles. The minimum Gasteiger partial charge on any atom is -0.469 e. The highest BCUT2D eigenvalue weighted by molar-refractivity contribution is 9.10. The van der Waals surface area contributed by atoms with Gasteiger partial charge in [0.25, 0.3) is 0 Å². The van der Waals surface area contributed by atoms with E-state index in [0.717, 1.165) is 33.4 Å². The number of hydrogen-bond donors (Lipinski definition) is 3. The van der Waals surface area contributed by atoms with Gasteiger partial charge in [-0.2, -0.15) is 0 Å². The summed E-state index contributed by atoms with van der Waals surface area (Å²) in [6.07, 6.45) is 2.47. The summed E-state index contributed by atoms with van der Waals surface area (Å²) in [4.78, 5) is 16.8. The van der Waals surface area contributed by atoms with Crippen molar-refractivity contribution in [2.24, 2.45) is 0 Å². The second-order valence-electron chi connectivity index (χ2n) is 4.79. The first-order chi connectivity index (χ1) is 9.61. The van der Waals surface area contributed by atoms with Crippen LogP contribution in [0.5, 0.6) is 0 Å². The fourth-order valence-corrected chi connectivity index (χ4v) is 2.67. The Bertz CT molecular complexity index is 773. The molecule has 1 atom stereocenters. The van der Waals surface area contributed by atoms with E-state index in [1.807, 2.05) is 24.3 Å². The van der Waals surface area contributed by atoms with E-state index in [1.54, 1.807) is 6.26 Å². The Labute approximate surface area is 123 Å². The van der Waals surface area contributed by atoms with Crippen LogP contribution in [0.25, 0.3) is 11.0 Å². The molecule has 2 aromatic heterocycles. The van der Waals surface area contributed by atoms with Crippen LogP contribution in [0, 0.1) is 0 Å². The number of hydrogen-bond acceptors (Lipinski definition) is 3. The maximum atomic E-state index is 11.3. The predicted octanol–water partition coefficient (Wildman–Crippen LogP) is 3.25. The van der Waals surface area contributed by atoms with E-state index in [2.05, 4.69) is 38.1 Å². The molecule has 0 bridgehead atoms. The van der Waals surface area contributed by atoms with Crippen LogP contribution in [0.3, 0.4) is 0 Å². The molecule has 0 amide bonds. The molecule has 20 heavy (non-hydrogen) atoms. The summed E-state index contributed by atoms with van der Waals surface area (Å²) in [7, 11) is 0. The van der Waals surface area contributed by atoms with E-state index in [9.17, 15) is 4.79 Å². The second kappa shape index (κ2) is 5.20. The Morgan fingerprint density at radius 2 is 2.10 bits per heavy atom. The van der Waals surface area contributed by atoms with Crippen LogP contribution >= 0.6 is 15.9 Å². The number of furan rings is 1. The van der Waals surface area contributed by atoms with E-state index < -0.39 is 0 Å². The Hall–Kier alpha value is -1.95. The van der Waals surface area contributed by atoms with E-state index in [1.165, 1.54) is 0 Å². The third kappa shape index (κ3) is 2.65. The van der Waals surface area contributed by atoms with Crippen LogP contribution in [0.15, 0.2) is 44.2 Å². The number of H-pyrrole nitrogens is 2. The van der Waals surface area contributed by atoms with E-state index in [0.29, 0.717) is 0 Å². The lowest BCUT2D eigenvalue weighted by Gasteiger charge is -2.15. The lowest BCUT2D eigenvalue weighted by atomic mass is 10.2. The summed E-state index contributed by atoms with van der Waals surface area (Å²) in [6, 6.07) is 7.85. The summed E-state index contributed by atoms with van der Waals surface area (Å²) < 4.78 is 6.25. The Kier molecular flexibility index (Phi) is 3.40. The van der Waals surface area contributed by atoms with Gasteiger partial charge in [-0.15, -0.1) is 0 Å². The number of aromatic nitrogens is 2. The average Bonchev–Trinajstić information content (AvgIpc) is 2.98. The molecule has 0 fully saturated rings. The van der Waals surface area contributed by atoms with Crippen LogP contribution in [0.2, 0.25) is 0 Å². The summed E-state index contributed by atoms with van der Waals surface area (Å²) in [5.74, 6) is 0.942. The molecule has 0 saturated carbocycles. The zero-order valence-corrected chi connectivity index (χ0v) is 12.5. The fraction of sp³-hybridized carbons (Fsp3) is 0.214. The third-order valence-electron chi connectivity index (χ3n) is 3.09. The number of anilines is 1. The van der Waals surface area contributed by atoms with Crippen molar-refractivity contribution in [3.8, 4) is 0 Å². The van der Waals surface area contributed by atoms with Gasteiger partial charge in [-0.1, -0.05) is 0 Å². The van der Waals surface area contributed by atoms with Gasteiger partial charge in [0.1, 0.15) is 5.76 Å². The maximum absolute atomic E-state index is 11.3.